The van der Waals surface area contributed by atoms with Gasteiger partial charge in [0, 0.05) is 23.1 Å². The van der Waals surface area contributed by atoms with Crippen molar-refractivity contribution in [3.63, 3.8) is 0 Å². The Balaban J connectivity index is 1.88. The summed E-state index contributed by atoms with van der Waals surface area (Å²) in [5.41, 5.74) is 2.34. The molecule has 1 fully saturated rings. The number of aryl methyl sites for hydroxylation is 1. The highest BCUT2D eigenvalue weighted by atomic mass is 32.2. The number of hydrogen-bond acceptors (Lipinski definition) is 7. The normalized spacial score (nSPS) is 18.8. The van der Waals surface area contributed by atoms with Crippen molar-refractivity contribution in [3.8, 4) is 17.2 Å². The molecule has 9 heteroatoms. The summed E-state index contributed by atoms with van der Waals surface area (Å²) >= 11 is 1.27. The van der Waals surface area contributed by atoms with E-state index in [1.54, 1.807) is 37.3 Å². The highest BCUT2D eigenvalue weighted by molar-refractivity contribution is 8.01. The minimum absolute atomic E-state index is 0.0166. The molecule has 0 radical (unpaired) electrons. The van der Waals surface area contributed by atoms with E-state index in [9.17, 15) is 14.0 Å². The van der Waals surface area contributed by atoms with Gasteiger partial charge in [0.05, 0.1) is 40.9 Å². The highest BCUT2D eigenvalue weighted by Crippen LogP contribution is 2.54. The number of hydrogen-bond donors (Lipinski definition) is 0. The second-order valence-corrected chi connectivity index (χ2v) is 10.4. The predicted octanol–water partition coefficient (Wildman–Crippen LogP) is 5.34. The van der Waals surface area contributed by atoms with Gasteiger partial charge >= 0.3 is 5.97 Å². The van der Waals surface area contributed by atoms with Crippen LogP contribution < -0.4 is 14.2 Å². The fraction of sp³-hybridized carbons (Fsp3) is 0.310. The standard InChI is InChI=1S/C29H30FNO6S/c1-18-6-11-22(12-7-18)38-29(28(33)37-5)16-26(32)31(17-20-8-10-21(34-2)15-24(20)35-3)27(29)19-9-13-23(30)25(14-19)36-4/h6-15,27H,16-17H2,1-5H3/t27?,29-/m1/s1. The molecule has 0 bridgehead atoms. The molecular weight excluding hydrogens is 509 g/mol. The fourth-order valence-electron chi connectivity index (χ4n) is 4.77. The molecule has 0 aromatic heterocycles. The van der Waals surface area contributed by atoms with Gasteiger partial charge < -0.3 is 23.8 Å². The molecule has 3 aromatic rings. The van der Waals surface area contributed by atoms with E-state index in [1.165, 1.54) is 38.1 Å². The first-order chi connectivity index (χ1) is 18.3. The molecule has 0 aliphatic carbocycles. The van der Waals surface area contributed by atoms with Crippen LogP contribution in [-0.2, 0) is 20.9 Å². The van der Waals surface area contributed by atoms with Gasteiger partial charge in [0.1, 0.15) is 11.5 Å². The molecule has 38 heavy (non-hydrogen) atoms. The van der Waals surface area contributed by atoms with Gasteiger partial charge in [0.2, 0.25) is 5.91 Å². The van der Waals surface area contributed by atoms with Crippen molar-refractivity contribution in [1.29, 1.82) is 0 Å². The number of carbonyl (C=O) groups excluding carboxylic acids is 2. The van der Waals surface area contributed by atoms with E-state index in [0.29, 0.717) is 17.1 Å². The Morgan fingerprint density at radius 2 is 1.68 bits per heavy atom. The van der Waals surface area contributed by atoms with E-state index < -0.39 is 22.6 Å². The Labute approximate surface area is 225 Å². The van der Waals surface area contributed by atoms with E-state index >= 15 is 0 Å². The van der Waals surface area contributed by atoms with Crippen molar-refractivity contribution in [2.24, 2.45) is 0 Å². The molecule has 1 aliphatic rings. The molecule has 0 saturated carbocycles. The predicted molar refractivity (Wildman–Crippen MR) is 142 cm³/mol. The van der Waals surface area contributed by atoms with Gasteiger partial charge in [-0.1, -0.05) is 23.8 Å². The molecule has 4 rings (SSSR count). The smallest absolute Gasteiger partial charge is 0.325 e. The zero-order chi connectivity index (χ0) is 27.4. The average Bonchev–Trinajstić information content (AvgIpc) is 3.21. The lowest BCUT2D eigenvalue weighted by atomic mass is 9.92. The van der Waals surface area contributed by atoms with Gasteiger partial charge in [0.15, 0.2) is 16.3 Å². The van der Waals surface area contributed by atoms with Gasteiger partial charge in [-0.15, -0.1) is 11.8 Å². The fourth-order valence-corrected chi connectivity index (χ4v) is 6.20. The molecule has 3 aromatic carbocycles. The lowest BCUT2D eigenvalue weighted by molar-refractivity contribution is -0.144. The number of amides is 1. The summed E-state index contributed by atoms with van der Waals surface area (Å²) in [7, 11) is 5.78. The van der Waals surface area contributed by atoms with Gasteiger partial charge in [-0.3, -0.25) is 9.59 Å². The first-order valence-corrected chi connectivity index (χ1v) is 12.8. The van der Waals surface area contributed by atoms with Gasteiger partial charge in [-0.2, -0.15) is 0 Å². The third kappa shape index (κ3) is 5.15. The van der Waals surface area contributed by atoms with Gasteiger partial charge in [0.25, 0.3) is 0 Å². The van der Waals surface area contributed by atoms with Crippen LogP contribution in [0.4, 0.5) is 4.39 Å². The number of halogens is 1. The molecule has 1 saturated heterocycles. The van der Waals surface area contributed by atoms with Crippen LogP contribution in [-0.4, -0.2) is 50.0 Å². The van der Waals surface area contributed by atoms with Crippen molar-refractivity contribution in [1.82, 2.24) is 4.90 Å². The largest absolute Gasteiger partial charge is 0.497 e. The van der Waals surface area contributed by atoms with Crippen molar-refractivity contribution >= 4 is 23.6 Å². The zero-order valence-electron chi connectivity index (χ0n) is 21.9. The van der Waals surface area contributed by atoms with E-state index in [-0.39, 0.29) is 24.6 Å². The number of rotatable bonds is 9. The maximum absolute atomic E-state index is 14.4. The Morgan fingerprint density at radius 1 is 0.974 bits per heavy atom. The number of thioether (sulfide) groups is 1. The molecule has 1 unspecified atom stereocenters. The lowest BCUT2D eigenvalue weighted by Gasteiger charge is -2.36. The maximum Gasteiger partial charge on any atom is 0.325 e. The molecule has 200 valence electrons. The lowest BCUT2D eigenvalue weighted by Crippen LogP contribution is -2.42. The van der Waals surface area contributed by atoms with E-state index in [4.69, 9.17) is 18.9 Å². The third-order valence-corrected chi connectivity index (χ3v) is 8.07. The topological polar surface area (TPSA) is 74.3 Å². The number of benzene rings is 3. The molecule has 7 nitrogen and oxygen atoms in total. The van der Waals surface area contributed by atoms with E-state index in [1.807, 2.05) is 37.3 Å². The summed E-state index contributed by atoms with van der Waals surface area (Å²) < 4.78 is 34.5. The molecule has 1 aliphatic heterocycles. The molecule has 0 N–H and O–H groups in total. The van der Waals surface area contributed by atoms with E-state index in [0.717, 1.165) is 16.0 Å². The van der Waals surface area contributed by atoms with Crippen molar-refractivity contribution in [3.05, 3.63) is 83.2 Å². The van der Waals surface area contributed by atoms with Gasteiger partial charge in [-0.05, 0) is 48.9 Å². The summed E-state index contributed by atoms with van der Waals surface area (Å²) in [4.78, 5) is 29.7. The summed E-state index contributed by atoms with van der Waals surface area (Å²) in [5.74, 6) is -0.178. The summed E-state index contributed by atoms with van der Waals surface area (Å²) in [6.07, 6.45) is -0.110. The van der Waals surface area contributed by atoms with Crippen LogP contribution in [0.2, 0.25) is 0 Å². The number of ether oxygens (including phenoxy) is 4. The Kier molecular flexibility index (Phi) is 8.16. The van der Waals surface area contributed by atoms with Crippen molar-refractivity contribution in [2.45, 2.75) is 35.6 Å². The quantitative estimate of drug-likeness (QED) is 0.340. The Hall–Kier alpha value is -3.72. The van der Waals surface area contributed by atoms with Crippen LogP contribution in [0.5, 0.6) is 17.2 Å². The first-order valence-electron chi connectivity index (χ1n) is 11.9. The Bertz CT molecular complexity index is 1330. The SMILES string of the molecule is COC(=O)[C@@]1(Sc2ccc(C)cc2)CC(=O)N(Cc2ccc(OC)cc2OC)C1c1ccc(F)c(OC)c1. The van der Waals surface area contributed by atoms with Crippen LogP contribution in [0.1, 0.15) is 29.2 Å². The number of likely N-dealkylation sites (tertiary alicyclic amines) is 1. The third-order valence-electron chi connectivity index (χ3n) is 6.67. The second kappa shape index (κ2) is 11.3. The highest BCUT2D eigenvalue weighted by Gasteiger charge is 2.59. The summed E-state index contributed by atoms with van der Waals surface area (Å²) in [6.45, 7) is 2.12. The van der Waals surface area contributed by atoms with Crippen LogP contribution in [0.25, 0.3) is 0 Å². The minimum atomic E-state index is -1.34. The molecule has 1 amide bonds. The minimum Gasteiger partial charge on any atom is -0.497 e. The van der Waals surface area contributed by atoms with Crippen LogP contribution in [0.15, 0.2) is 65.6 Å². The van der Waals surface area contributed by atoms with Gasteiger partial charge in [-0.25, -0.2) is 4.39 Å². The number of nitrogens with zero attached hydrogens (tertiary/aromatic N) is 1. The van der Waals surface area contributed by atoms with Crippen LogP contribution >= 0.6 is 11.8 Å². The number of carbonyl (C=O) groups is 2. The average molecular weight is 540 g/mol. The van der Waals surface area contributed by atoms with E-state index in [2.05, 4.69) is 0 Å². The van der Waals surface area contributed by atoms with Crippen molar-refractivity contribution in [2.75, 3.05) is 28.4 Å². The summed E-state index contributed by atoms with van der Waals surface area (Å²) in [6, 6.07) is 16.6. The van der Waals surface area contributed by atoms with Crippen molar-refractivity contribution < 1.29 is 32.9 Å². The molecule has 0 spiro atoms. The number of methoxy groups -OCH3 is 4. The van der Waals surface area contributed by atoms with Crippen LogP contribution in [0, 0.1) is 12.7 Å². The maximum atomic E-state index is 14.4. The van der Waals surface area contributed by atoms with Crippen LogP contribution in [0.3, 0.4) is 0 Å². The number of esters is 1. The zero-order valence-corrected chi connectivity index (χ0v) is 22.8. The molecule has 2 atom stereocenters. The summed E-state index contributed by atoms with van der Waals surface area (Å²) in [5, 5.41) is 0. The molecular formula is C29H30FNO6S. The monoisotopic (exact) mass is 539 g/mol. The molecule has 1 heterocycles. The first kappa shape index (κ1) is 27.3. The second-order valence-electron chi connectivity index (χ2n) is 8.97. The Morgan fingerprint density at radius 3 is 2.32 bits per heavy atom.